The third-order valence-corrected chi connectivity index (χ3v) is 5.61. The molecule has 0 unspecified atom stereocenters. The molecule has 2 N–H and O–H groups in total. The van der Waals surface area contributed by atoms with Crippen LogP contribution in [0.25, 0.3) is 11.1 Å². The van der Waals surface area contributed by atoms with Crippen LogP contribution in [0.3, 0.4) is 0 Å². The van der Waals surface area contributed by atoms with Crippen LogP contribution in [0.15, 0.2) is 66.7 Å². The highest BCUT2D eigenvalue weighted by atomic mass is 19.4. The summed E-state index contributed by atoms with van der Waals surface area (Å²) < 4.78 is 51.1. The van der Waals surface area contributed by atoms with E-state index < -0.39 is 17.7 Å². The van der Waals surface area contributed by atoms with Gasteiger partial charge in [-0.2, -0.15) is 13.2 Å². The van der Waals surface area contributed by atoms with Gasteiger partial charge < -0.3 is 19.9 Å². The van der Waals surface area contributed by atoms with Gasteiger partial charge in [-0.3, -0.25) is 9.59 Å². The number of ether oxygens (including phenoxy) is 2. The Morgan fingerprint density at radius 3 is 2.38 bits per heavy atom. The number of rotatable bonds is 13. The topological polar surface area (TPSA) is 84.9 Å². The molecule has 9 heteroatoms. The van der Waals surface area contributed by atoms with Crippen LogP contribution in [0.1, 0.15) is 28.7 Å². The molecule has 0 aromatic heterocycles. The van der Waals surface area contributed by atoms with Gasteiger partial charge in [0.05, 0.1) is 25.7 Å². The molecule has 0 fully saturated rings. The number of aliphatic carboxylic acids is 1. The van der Waals surface area contributed by atoms with Crippen LogP contribution in [0, 0.1) is 0 Å². The Morgan fingerprint density at radius 1 is 0.946 bits per heavy atom. The predicted molar refractivity (Wildman–Crippen MR) is 132 cm³/mol. The summed E-state index contributed by atoms with van der Waals surface area (Å²) in [6, 6.07) is 17.6. The van der Waals surface area contributed by atoms with Gasteiger partial charge in [0.1, 0.15) is 12.4 Å². The SMILES string of the molecule is COc1ccc(CC(=O)O)cc1-c1ccc(C(F)(F)F)cc1CNCCC(=O)COCc1ccccc1. The van der Waals surface area contributed by atoms with E-state index >= 15 is 0 Å². The van der Waals surface area contributed by atoms with Gasteiger partial charge >= 0.3 is 12.1 Å². The number of ketones is 1. The third-order valence-electron chi connectivity index (χ3n) is 5.61. The number of hydrogen-bond donors (Lipinski definition) is 2. The van der Waals surface area contributed by atoms with Crippen molar-refractivity contribution in [1.82, 2.24) is 5.32 Å². The van der Waals surface area contributed by atoms with Crippen molar-refractivity contribution in [2.24, 2.45) is 0 Å². The number of methoxy groups -OCH3 is 1. The minimum Gasteiger partial charge on any atom is -0.496 e. The fourth-order valence-corrected chi connectivity index (χ4v) is 3.81. The van der Waals surface area contributed by atoms with Crippen LogP contribution in [-0.2, 0) is 40.1 Å². The van der Waals surface area contributed by atoms with Gasteiger partial charge in [0, 0.05) is 25.1 Å². The Bertz CT molecular complexity index is 1210. The third kappa shape index (κ3) is 8.44. The van der Waals surface area contributed by atoms with Crippen molar-refractivity contribution in [1.29, 1.82) is 0 Å². The Labute approximate surface area is 213 Å². The molecule has 0 heterocycles. The van der Waals surface area contributed by atoms with E-state index in [0.29, 0.717) is 34.6 Å². The second-order valence-corrected chi connectivity index (χ2v) is 8.42. The molecule has 0 spiro atoms. The predicted octanol–water partition coefficient (Wildman–Crippen LogP) is 5.27. The highest BCUT2D eigenvalue weighted by molar-refractivity contribution is 5.80. The van der Waals surface area contributed by atoms with Crippen LogP contribution in [0.4, 0.5) is 13.2 Å². The van der Waals surface area contributed by atoms with Crippen molar-refractivity contribution in [3.05, 3.63) is 89.0 Å². The van der Waals surface area contributed by atoms with E-state index in [4.69, 9.17) is 14.6 Å². The van der Waals surface area contributed by atoms with Crippen molar-refractivity contribution in [3.8, 4) is 16.9 Å². The van der Waals surface area contributed by atoms with E-state index in [1.165, 1.54) is 13.2 Å². The molecule has 3 rings (SSSR count). The molecule has 0 aliphatic heterocycles. The number of benzene rings is 3. The van der Waals surface area contributed by atoms with Crippen molar-refractivity contribution in [2.45, 2.75) is 32.2 Å². The van der Waals surface area contributed by atoms with Crippen LogP contribution in [0.5, 0.6) is 5.75 Å². The van der Waals surface area contributed by atoms with Crippen LogP contribution >= 0.6 is 0 Å². The number of Topliss-reactive ketones (excluding diaryl/α,β-unsaturated/α-hetero) is 1. The smallest absolute Gasteiger partial charge is 0.416 e. The largest absolute Gasteiger partial charge is 0.496 e. The Morgan fingerprint density at radius 2 is 1.70 bits per heavy atom. The number of halogens is 3. The first-order valence-electron chi connectivity index (χ1n) is 11.6. The van der Waals surface area contributed by atoms with Crippen LogP contribution in [0.2, 0.25) is 0 Å². The first kappa shape index (κ1) is 27.9. The fraction of sp³-hybridized carbons (Fsp3) is 0.286. The minimum atomic E-state index is -4.53. The monoisotopic (exact) mass is 515 g/mol. The van der Waals surface area contributed by atoms with Gasteiger partial charge in [-0.15, -0.1) is 0 Å². The summed E-state index contributed by atoms with van der Waals surface area (Å²) in [5.74, 6) is -0.750. The summed E-state index contributed by atoms with van der Waals surface area (Å²) in [6.07, 6.45) is -4.62. The van der Waals surface area contributed by atoms with E-state index in [1.807, 2.05) is 30.3 Å². The lowest BCUT2D eigenvalue weighted by atomic mass is 9.94. The van der Waals surface area contributed by atoms with E-state index in [-0.39, 0.29) is 38.3 Å². The zero-order chi connectivity index (χ0) is 26.8. The lowest BCUT2D eigenvalue weighted by Gasteiger charge is -2.17. The Hall–Kier alpha value is -3.69. The summed E-state index contributed by atoms with van der Waals surface area (Å²) in [5, 5.41) is 12.2. The minimum absolute atomic E-state index is 0.0566. The van der Waals surface area contributed by atoms with E-state index in [9.17, 15) is 22.8 Å². The van der Waals surface area contributed by atoms with Crippen LogP contribution in [-0.4, -0.2) is 37.1 Å². The van der Waals surface area contributed by atoms with Gasteiger partial charge in [-0.05, 0) is 46.5 Å². The van der Waals surface area contributed by atoms with Crippen LogP contribution < -0.4 is 10.1 Å². The van der Waals surface area contributed by atoms with Crippen molar-refractivity contribution in [3.63, 3.8) is 0 Å². The molecule has 0 aliphatic rings. The average Bonchev–Trinajstić information content (AvgIpc) is 2.86. The second kappa shape index (κ2) is 13.0. The number of carboxylic acid groups (broad SMARTS) is 1. The second-order valence-electron chi connectivity index (χ2n) is 8.42. The highest BCUT2D eigenvalue weighted by Crippen LogP contribution is 2.37. The number of nitrogens with one attached hydrogen (secondary N) is 1. The van der Waals surface area contributed by atoms with E-state index in [1.54, 1.807) is 18.2 Å². The van der Waals surface area contributed by atoms with Gasteiger partial charge in [0.2, 0.25) is 0 Å². The van der Waals surface area contributed by atoms with Gasteiger partial charge in [-0.25, -0.2) is 0 Å². The molecular weight excluding hydrogens is 487 g/mol. The molecule has 0 saturated carbocycles. The van der Waals surface area contributed by atoms with Crippen molar-refractivity contribution >= 4 is 11.8 Å². The molecule has 196 valence electrons. The van der Waals surface area contributed by atoms with E-state index in [2.05, 4.69) is 5.32 Å². The first-order chi connectivity index (χ1) is 17.7. The summed E-state index contributed by atoms with van der Waals surface area (Å²) in [5.41, 5.74) is 1.93. The average molecular weight is 516 g/mol. The number of hydrogen-bond acceptors (Lipinski definition) is 5. The fourth-order valence-electron chi connectivity index (χ4n) is 3.81. The molecule has 0 saturated heterocycles. The van der Waals surface area contributed by atoms with Crippen molar-refractivity contribution < 1.29 is 37.3 Å². The molecule has 6 nitrogen and oxygen atoms in total. The molecule has 3 aromatic rings. The number of alkyl halides is 3. The molecule has 37 heavy (non-hydrogen) atoms. The lowest BCUT2D eigenvalue weighted by molar-refractivity contribution is -0.138. The summed E-state index contributed by atoms with van der Waals surface area (Å²) >= 11 is 0. The summed E-state index contributed by atoms with van der Waals surface area (Å²) in [4.78, 5) is 23.3. The zero-order valence-corrected chi connectivity index (χ0v) is 20.3. The van der Waals surface area contributed by atoms with Gasteiger partial charge in [0.25, 0.3) is 0 Å². The maximum atomic E-state index is 13.4. The lowest BCUT2D eigenvalue weighted by Crippen LogP contribution is -2.21. The zero-order valence-electron chi connectivity index (χ0n) is 20.3. The normalized spacial score (nSPS) is 11.4. The molecule has 0 radical (unpaired) electrons. The Kier molecular flexibility index (Phi) is 9.82. The van der Waals surface area contributed by atoms with Gasteiger partial charge in [-0.1, -0.05) is 42.5 Å². The number of carbonyl (C=O) groups is 2. The van der Waals surface area contributed by atoms with Crippen molar-refractivity contribution in [2.75, 3.05) is 20.3 Å². The molecule has 0 atom stereocenters. The number of carbonyl (C=O) groups excluding carboxylic acids is 1. The maximum absolute atomic E-state index is 13.4. The molecule has 0 bridgehead atoms. The maximum Gasteiger partial charge on any atom is 0.416 e. The quantitative estimate of drug-likeness (QED) is 0.302. The molecular formula is C28H28F3NO5. The summed E-state index contributed by atoms with van der Waals surface area (Å²) in [6.45, 7) is 0.568. The number of carboxylic acids is 1. The Balaban J connectivity index is 1.70. The van der Waals surface area contributed by atoms with Gasteiger partial charge in [0.15, 0.2) is 5.78 Å². The van der Waals surface area contributed by atoms with E-state index in [0.717, 1.165) is 17.7 Å². The molecule has 0 amide bonds. The molecule has 0 aliphatic carbocycles. The summed E-state index contributed by atoms with van der Waals surface area (Å²) in [7, 11) is 1.43. The molecule has 3 aromatic carbocycles. The first-order valence-corrected chi connectivity index (χ1v) is 11.6. The highest BCUT2D eigenvalue weighted by Gasteiger charge is 2.31. The standard InChI is InChI=1S/C28H28F3NO5/c1-36-26-10-7-20(14-27(34)35)13-25(26)24-9-8-22(28(29,30)31)15-21(24)16-32-12-11-23(33)18-37-17-19-5-3-2-4-6-19/h2-10,13,15,32H,11-12,14,16-18H2,1H3,(H,34,35).